The summed E-state index contributed by atoms with van der Waals surface area (Å²) in [6, 6.07) is 0. The van der Waals surface area contributed by atoms with Gasteiger partial charge in [0.25, 0.3) is 0 Å². The molecule has 0 atom stereocenters. The molecule has 0 N–H and O–H groups in total. The summed E-state index contributed by atoms with van der Waals surface area (Å²) in [4.78, 5) is 0. The minimum Gasteiger partial charge on any atom is -0.245 e. The van der Waals surface area contributed by atoms with E-state index in [4.69, 9.17) is 0 Å². The third-order valence-electron chi connectivity index (χ3n) is 1.81. The summed E-state index contributed by atoms with van der Waals surface area (Å²) in [5, 5.41) is 0. The molecule has 1 aliphatic heterocycles. The summed E-state index contributed by atoms with van der Waals surface area (Å²) in [6.07, 6.45) is -4.51. The van der Waals surface area contributed by atoms with Crippen LogP contribution in [0.4, 0.5) is 26.3 Å². The third-order valence-corrected chi connectivity index (χ3v) is 3.17. The maximum Gasteiger partial charge on any atom is 0.517 e. The van der Waals surface area contributed by atoms with Crippen molar-refractivity contribution in [3.63, 3.8) is 0 Å². The monoisotopic (exact) mass is 281 g/mol. The van der Waals surface area contributed by atoms with E-state index in [9.17, 15) is 34.8 Å². The van der Waals surface area contributed by atoms with Crippen LogP contribution >= 0.6 is 0 Å². The lowest BCUT2D eigenvalue weighted by molar-refractivity contribution is -0.0941. The van der Waals surface area contributed by atoms with Crippen LogP contribution in [0.3, 0.4) is 0 Å². The van der Waals surface area contributed by atoms with Gasteiger partial charge in [0.2, 0.25) is 0 Å². The lowest BCUT2D eigenvalue weighted by atomic mass is 10.2. The van der Waals surface area contributed by atoms with Crippen LogP contribution in [0.5, 0.6) is 0 Å². The molecule has 0 saturated heterocycles. The Labute approximate surface area is 92.1 Å². The fraction of sp³-hybridized carbons (Fsp3) is 0.429. The van der Waals surface area contributed by atoms with Gasteiger partial charge in [-0.25, -0.2) is 4.31 Å². The number of halogens is 6. The molecule has 1 aliphatic rings. The van der Waals surface area contributed by atoms with E-state index in [0.29, 0.717) is 12.3 Å². The van der Waals surface area contributed by atoms with Crippen molar-refractivity contribution in [1.82, 2.24) is 4.31 Å². The molecule has 0 aromatic heterocycles. The zero-order valence-corrected chi connectivity index (χ0v) is 8.70. The summed E-state index contributed by atoms with van der Waals surface area (Å²) < 4.78 is 93.9. The van der Waals surface area contributed by atoms with Crippen LogP contribution in [-0.4, -0.2) is 24.4 Å². The lowest BCUT2D eigenvalue weighted by Gasteiger charge is -2.23. The Balaban J connectivity index is 3.14. The first-order valence-corrected chi connectivity index (χ1v) is 5.44. The van der Waals surface area contributed by atoms with Crippen LogP contribution in [0.15, 0.2) is 24.0 Å². The van der Waals surface area contributed by atoms with Gasteiger partial charge in [0, 0.05) is 12.4 Å². The standard InChI is InChI=1S/C7H5F6NO2S/c8-6(9,10)5-2-1-3-14(4-5)17(15,16)7(11,12)13/h1,3-4H,2H2. The number of allylic oxidation sites excluding steroid dienone is 2. The summed E-state index contributed by atoms with van der Waals surface area (Å²) in [6.45, 7) is 0. The van der Waals surface area contributed by atoms with Crippen LogP contribution < -0.4 is 0 Å². The van der Waals surface area contributed by atoms with Gasteiger partial charge < -0.3 is 0 Å². The summed E-state index contributed by atoms with van der Waals surface area (Å²) >= 11 is 0. The molecule has 0 aromatic rings. The Morgan fingerprint density at radius 1 is 1.12 bits per heavy atom. The second kappa shape index (κ2) is 3.93. The Kier molecular flexibility index (Phi) is 3.21. The largest absolute Gasteiger partial charge is 0.517 e. The molecule has 98 valence electrons. The first kappa shape index (κ1) is 13.9. The molecule has 17 heavy (non-hydrogen) atoms. The van der Waals surface area contributed by atoms with E-state index < -0.39 is 38.0 Å². The van der Waals surface area contributed by atoms with Crippen molar-refractivity contribution in [1.29, 1.82) is 0 Å². The fourth-order valence-electron chi connectivity index (χ4n) is 0.991. The average molecular weight is 281 g/mol. The third kappa shape index (κ3) is 2.73. The first-order valence-electron chi connectivity index (χ1n) is 4.00. The highest BCUT2D eigenvalue weighted by molar-refractivity contribution is 7.90. The summed E-state index contributed by atoms with van der Waals surface area (Å²) in [7, 11) is -5.82. The molecule has 1 rings (SSSR count). The van der Waals surface area contributed by atoms with Crippen molar-refractivity contribution in [3.8, 4) is 0 Å². The predicted octanol–water partition coefficient (Wildman–Crippen LogP) is 2.50. The van der Waals surface area contributed by atoms with E-state index in [1.54, 1.807) is 0 Å². The Morgan fingerprint density at radius 3 is 2.06 bits per heavy atom. The minimum absolute atomic E-state index is 0.0805. The van der Waals surface area contributed by atoms with E-state index in [0.717, 1.165) is 0 Å². The zero-order valence-electron chi connectivity index (χ0n) is 7.88. The van der Waals surface area contributed by atoms with Crippen LogP contribution in [0, 0.1) is 0 Å². The number of hydrogen-bond donors (Lipinski definition) is 0. The Bertz CT molecular complexity index is 458. The lowest BCUT2D eigenvalue weighted by Crippen LogP contribution is -2.36. The van der Waals surface area contributed by atoms with E-state index in [1.807, 2.05) is 0 Å². The highest BCUT2D eigenvalue weighted by atomic mass is 32.2. The fourth-order valence-corrected chi connectivity index (χ4v) is 1.74. The molecule has 0 aromatic carbocycles. The van der Waals surface area contributed by atoms with Gasteiger partial charge in [-0.3, -0.25) is 0 Å². The maximum absolute atomic E-state index is 12.2. The molecule has 0 saturated carbocycles. The van der Waals surface area contributed by atoms with Crippen LogP contribution in [0.1, 0.15) is 6.42 Å². The number of alkyl halides is 6. The summed E-state index contributed by atoms with van der Waals surface area (Å²) in [5.41, 5.74) is -7.02. The maximum atomic E-state index is 12.2. The normalized spacial score (nSPS) is 18.2. The van der Waals surface area contributed by atoms with Crippen molar-refractivity contribution in [3.05, 3.63) is 24.0 Å². The Morgan fingerprint density at radius 2 is 1.65 bits per heavy atom. The molecule has 10 heteroatoms. The van der Waals surface area contributed by atoms with Crippen LogP contribution in [-0.2, 0) is 10.0 Å². The molecule has 1 heterocycles. The van der Waals surface area contributed by atoms with Crippen molar-refractivity contribution >= 4 is 10.0 Å². The SMILES string of the molecule is O=S(=O)(N1C=CCC(C(F)(F)F)=C1)C(F)(F)F. The number of sulfonamides is 1. The quantitative estimate of drug-likeness (QED) is 0.692. The van der Waals surface area contributed by atoms with Crippen molar-refractivity contribution in [2.45, 2.75) is 18.1 Å². The summed E-state index contributed by atoms with van der Waals surface area (Å²) in [5.74, 6) is 0. The highest BCUT2D eigenvalue weighted by Crippen LogP contribution is 2.34. The molecule has 3 nitrogen and oxygen atoms in total. The molecular formula is C7H5F6NO2S. The molecule has 0 amide bonds. The van der Waals surface area contributed by atoms with E-state index in [-0.39, 0.29) is 6.20 Å². The van der Waals surface area contributed by atoms with Gasteiger partial charge in [0.1, 0.15) is 0 Å². The zero-order chi connectivity index (χ0) is 13.5. The topological polar surface area (TPSA) is 37.4 Å². The molecule has 0 aliphatic carbocycles. The van der Waals surface area contributed by atoms with E-state index >= 15 is 0 Å². The number of rotatable bonds is 1. The molecular weight excluding hydrogens is 276 g/mol. The second-order valence-corrected chi connectivity index (χ2v) is 4.86. The van der Waals surface area contributed by atoms with Crippen LogP contribution in [0.2, 0.25) is 0 Å². The number of nitrogens with zero attached hydrogens (tertiary/aromatic N) is 1. The Hall–Kier alpha value is -1.19. The smallest absolute Gasteiger partial charge is 0.245 e. The van der Waals surface area contributed by atoms with Crippen molar-refractivity contribution < 1.29 is 34.8 Å². The highest BCUT2D eigenvalue weighted by Gasteiger charge is 2.50. The van der Waals surface area contributed by atoms with Gasteiger partial charge in [0.15, 0.2) is 0 Å². The van der Waals surface area contributed by atoms with E-state index in [1.165, 1.54) is 0 Å². The molecule has 0 bridgehead atoms. The van der Waals surface area contributed by atoms with Gasteiger partial charge in [-0.2, -0.15) is 34.8 Å². The predicted molar refractivity (Wildman–Crippen MR) is 44.7 cm³/mol. The van der Waals surface area contributed by atoms with Gasteiger partial charge >= 0.3 is 21.7 Å². The van der Waals surface area contributed by atoms with Crippen LogP contribution in [0.25, 0.3) is 0 Å². The van der Waals surface area contributed by atoms with Gasteiger partial charge in [0.05, 0.1) is 5.57 Å². The molecule has 0 fully saturated rings. The first-order chi connectivity index (χ1) is 7.46. The molecule has 0 unspecified atom stereocenters. The van der Waals surface area contributed by atoms with Crippen molar-refractivity contribution in [2.24, 2.45) is 0 Å². The van der Waals surface area contributed by atoms with Crippen molar-refractivity contribution in [2.75, 3.05) is 0 Å². The van der Waals surface area contributed by atoms with Gasteiger partial charge in [-0.05, 0) is 6.42 Å². The number of hydrogen-bond acceptors (Lipinski definition) is 2. The van der Waals surface area contributed by atoms with Gasteiger partial charge in [-0.1, -0.05) is 6.08 Å². The molecule has 0 spiro atoms. The molecule has 0 radical (unpaired) electrons. The average Bonchev–Trinajstić information content (AvgIpc) is 2.15. The van der Waals surface area contributed by atoms with E-state index in [2.05, 4.69) is 0 Å². The minimum atomic E-state index is -5.82. The van der Waals surface area contributed by atoms with Gasteiger partial charge in [-0.15, -0.1) is 0 Å². The second-order valence-electron chi connectivity index (χ2n) is 3.02.